The fourth-order valence-corrected chi connectivity index (χ4v) is 2.43. The van der Waals surface area contributed by atoms with E-state index in [4.69, 9.17) is 32.7 Å². The Morgan fingerprint density at radius 3 is 2.52 bits per heavy atom. The van der Waals surface area contributed by atoms with Crippen molar-refractivity contribution in [3.05, 3.63) is 40.3 Å². The number of anilines is 1. The molecule has 0 atom stereocenters. The van der Waals surface area contributed by atoms with Crippen molar-refractivity contribution < 1.29 is 19.1 Å². The first-order chi connectivity index (χ1) is 11.0. The normalized spacial score (nSPS) is 13.4. The van der Waals surface area contributed by atoms with Crippen LogP contribution >= 0.6 is 23.2 Å². The van der Waals surface area contributed by atoms with Crippen molar-refractivity contribution in [1.29, 1.82) is 0 Å². The fourth-order valence-electron chi connectivity index (χ4n) is 1.93. The summed E-state index contributed by atoms with van der Waals surface area (Å²) in [5, 5.41) is 3.26. The van der Waals surface area contributed by atoms with E-state index in [2.05, 4.69) is 5.32 Å². The Balaban J connectivity index is 2.02. The number of carbonyl (C=O) groups is 2. The van der Waals surface area contributed by atoms with Gasteiger partial charge in [0.2, 0.25) is 11.7 Å². The summed E-state index contributed by atoms with van der Waals surface area (Å²) in [5.41, 5.74) is 0.320. The number of nitrogens with one attached hydrogen (secondary N) is 1. The molecule has 0 aliphatic carbocycles. The van der Waals surface area contributed by atoms with Crippen LogP contribution in [0, 0.1) is 0 Å². The lowest BCUT2D eigenvalue weighted by atomic mass is 10.3. The van der Waals surface area contributed by atoms with Crippen molar-refractivity contribution in [1.82, 2.24) is 4.90 Å². The summed E-state index contributed by atoms with van der Waals surface area (Å²) in [5.74, 6) is -0.734. The summed E-state index contributed by atoms with van der Waals surface area (Å²) < 4.78 is 10.3. The van der Waals surface area contributed by atoms with Crippen molar-refractivity contribution in [3.8, 4) is 0 Å². The molecule has 124 valence electrons. The number of benzene rings is 1. The molecule has 1 heterocycles. The van der Waals surface area contributed by atoms with Crippen LogP contribution in [0.3, 0.4) is 0 Å². The number of halogens is 2. The molecule has 1 aromatic rings. The zero-order chi connectivity index (χ0) is 16.8. The van der Waals surface area contributed by atoms with Gasteiger partial charge in [-0.15, -0.1) is 0 Å². The average Bonchev–Trinajstić information content (AvgIpc) is 2.56. The van der Waals surface area contributed by atoms with Crippen molar-refractivity contribution >= 4 is 40.7 Å². The van der Waals surface area contributed by atoms with Crippen molar-refractivity contribution in [2.75, 3.05) is 31.6 Å². The summed E-state index contributed by atoms with van der Waals surface area (Å²) in [7, 11) is 0. The van der Waals surface area contributed by atoms with Crippen LogP contribution in [-0.2, 0) is 19.1 Å². The molecule has 2 rings (SSSR count). The van der Waals surface area contributed by atoms with Crippen LogP contribution in [0.2, 0.25) is 10.0 Å². The van der Waals surface area contributed by atoms with Crippen molar-refractivity contribution in [3.63, 3.8) is 0 Å². The Kier molecular flexibility index (Phi) is 6.12. The minimum absolute atomic E-state index is 0.0849. The molecule has 6 nitrogen and oxygen atoms in total. The number of hydrogen-bond donors (Lipinski definition) is 1. The quantitative estimate of drug-likeness (QED) is 0.878. The van der Waals surface area contributed by atoms with Crippen LogP contribution in [0.4, 0.5) is 5.69 Å². The Morgan fingerprint density at radius 2 is 1.96 bits per heavy atom. The number of carbonyl (C=O) groups excluding carboxylic acids is 2. The fraction of sp³-hybridized carbons (Fsp3) is 0.333. The average molecular weight is 359 g/mol. The molecule has 1 aliphatic heterocycles. The van der Waals surface area contributed by atoms with Crippen molar-refractivity contribution in [2.24, 2.45) is 0 Å². The number of likely N-dealkylation sites (N-methyl/N-ethyl adjacent to an activating group) is 1. The first-order valence-electron chi connectivity index (χ1n) is 7.00. The smallest absolute Gasteiger partial charge is 0.292 e. The lowest BCUT2D eigenvalue weighted by Crippen LogP contribution is -2.39. The topological polar surface area (TPSA) is 67.9 Å². The van der Waals surface area contributed by atoms with Gasteiger partial charge in [0.1, 0.15) is 26.0 Å². The van der Waals surface area contributed by atoms with Gasteiger partial charge in [0.05, 0.1) is 15.7 Å². The third-order valence-corrected chi connectivity index (χ3v) is 3.72. The van der Waals surface area contributed by atoms with E-state index in [0.29, 0.717) is 35.5 Å². The molecular weight excluding hydrogens is 343 g/mol. The molecule has 1 aliphatic rings. The highest BCUT2D eigenvalue weighted by atomic mass is 35.5. The second-order valence-electron chi connectivity index (χ2n) is 4.67. The van der Waals surface area contributed by atoms with Gasteiger partial charge in [-0.3, -0.25) is 9.59 Å². The van der Waals surface area contributed by atoms with Crippen LogP contribution in [0.1, 0.15) is 6.92 Å². The third-order valence-electron chi connectivity index (χ3n) is 3.09. The molecule has 23 heavy (non-hydrogen) atoms. The maximum atomic E-state index is 12.3. The molecular formula is C15H16Cl2N2O4. The second-order valence-corrected chi connectivity index (χ2v) is 5.48. The molecule has 0 unspecified atom stereocenters. The Hall–Kier alpha value is -1.92. The molecule has 0 saturated heterocycles. The van der Waals surface area contributed by atoms with Crippen LogP contribution in [0.5, 0.6) is 0 Å². The maximum absolute atomic E-state index is 12.3. The zero-order valence-electron chi connectivity index (χ0n) is 12.5. The van der Waals surface area contributed by atoms with E-state index in [1.165, 1.54) is 11.2 Å². The molecule has 0 aromatic heterocycles. The Bertz CT molecular complexity index is 614. The number of para-hydroxylation sites is 1. The second kappa shape index (κ2) is 8.08. The lowest BCUT2D eigenvalue weighted by Gasteiger charge is -2.23. The number of rotatable bonds is 5. The summed E-state index contributed by atoms with van der Waals surface area (Å²) in [6.07, 6.45) is 1.26. The molecule has 0 bridgehead atoms. The van der Waals surface area contributed by atoms with Gasteiger partial charge in [-0.1, -0.05) is 29.3 Å². The molecule has 0 saturated carbocycles. The van der Waals surface area contributed by atoms with Gasteiger partial charge in [0.25, 0.3) is 5.91 Å². The Labute approximate surface area is 143 Å². The van der Waals surface area contributed by atoms with E-state index < -0.39 is 11.8 Å². The van der Waals surface area contributed by atoms with Gasteiger partial charge in [-0.2, -0.15) is 0 Å². The van der Waals surface area contributed by atoms with E-state index in [1.54, 1.807) is 25.1 Å². The monoisotopic (exact) mass is 358 g/mol. The van der Waals surface area contributed by atoms with E-state index in [-0.39, 0.29) is 12.3 Å². The predicted molar refractivity (Wildman–Crippen MR) is 87.3 cm³/mol. The molecule has 1 N–H and O–H groups in total. The maximum Gasteiger partial charge on any atom is 0.292 e. The third kappa shape index (κ3) is 4.53. The highest BCUT2D eigenvalue weighted by molar-refractivity contribution is 6.39. The van der Waals surface area contributed by atoms with Crippen LogP contribution in [-0.4, -0.2) is 43.0 Å². The van der Waals surface area contributed by atoms with Crippen LogP contribution in [0.25, 0.3) is 0 Å². The highest BCUT2D eigenvalue weighted by Crippen LogP contribution is 2.29. The first kappa shape index (κ1) is 17.4. The van der Waals surface area contributed by atoms with E-state index in [9.17, 15) is 9.59 Å². The van der Waals surface area contributed by atoms with Gasteiger partial charge >= 0.3 is 0 Å². The lowest BCUT2D eigenvalue weighted by molar-refractivity contribution is -0.135. The van der Waals surface area contributed by atoms with Crippen molar-refractivity contribution in [2.45, 2.75) is 6.92 Å². The Morgan fingerprint density at radius 1 is 1.26 bits per heavy atom. The summed E-state index contributed by atoms with van der Waals surface area (Å²) in [4.78, 5) is 25.8. The minimum atomic E-state index is -0.410. The standard InChI is InChI=1S/C15H16Cl2N2O4/c1-2-19(15(21)12-9-22-6-7-23-12)8-13(20)18-14-10(16)4-3-5-11(14)17/h3-5,9H,2,6-8H2,1H3,(H,18,20). The molecule has 0 spiro atoms. The summed E-state index contributed by atoms with van der Waals surface area (Å²) in [6.45, 7) is 2.64. The predicted octanol–water partition coefficient (Wildman–Crippen LogP) is 2.67. The molecule has 1 aromatic carbocycles. The van der Waals surface area contributed by atoms with E-state index in [1.807, 2.05) is 0 Å². The number of nitrogens with zero attached hydrogens (tertiary/aromatic N) is 1. The molecule has 2 amide bonds. The number of ether oxygens (including phenoxy) is 2. The summed E-state index contributed by atoms with van der Waals surface area (Å²) in [6, 6.07) is 4.91. The van der Waals surface area contributed by atoms with E-state index in [0.717, 1.165) is 0 Å². The van der Waals surface area contributed by atoms with Gasteiger partial charge in [-0.25, -0.2) is 0 Å². The largest absolute Gasteiger partial charge is 0.494 e. The highest BCUT2D eigenvalue weighted by Gasteiger charge is 2.23. The van der Waals surface area contributed by atoms with E-state index >= 15 is 0 Å². The molecule has 8 heteroatoms. The van der Waals surface area contributed by atoms with Gasteiger partial charge < -0.3 is 19.7 Å². The van der Waals surface area contributed by atoms with Crippen LogP contribution < -0.4 is 5.32 Å². The first-order valence-corrected chi connectivity index (χ1v) is 7.76. The van der Waals surface area contributed by atoms with Gasteiger partial charge in [0.15, 0.2) is 0 Å². The number of hydrogen-bond acceptors (Lipinski definition) is 4. The molecule has 0 fully saturated rings. The molecule has 0 radical (unpaired) electrons. The SMILES string of the molecule is CCN(CC(=O)Nc1c(Cl)cccc1Cl)C(=O)C1=COCCO1. The minimum Gasteiger partial charge on any atom is -0.494 e. The summed E-state index contributed by atoms with van der Waals surface area (Å²) >= 11 is 12.0. The number of amides is 2. The van der Waals surface area contributed by atoms with Gasteiger partial charge in [-0.05, 0) is 19.1 Å². The van der Waals surface area contributed by atoms with Crippen LogP contribution in [0.15, 0.2) is 30.2 Å². The zero-order valence-corrected chi connectivity index (χ0v) is 14.0. The van der Waals surface area contributed by atoms with Gasteiger partial charge in [0, 0.05) is 6.54 Å².